The summed E-state index contributed by atoms with van der Waals surface area (Å²) in [5, 5.41) is 2.76. The first kappa shape index (κ1) is 15.7. The number of carbonyl (C=O) groups excluding carboxylic acids is 2. The number of carbonyl (C=O) groups is 2. The Labute approximate surface area is 142 Å². The minimum atomic E-state index is -0.121. The van der Waals surface area contributed by atoms with E-state index in [2.05, 4.69) is 26.2 Å². The average molecular weight is 374 g/mol. The summed E-state index contributed by atoms with van der Waals surface area (Å²) < 4.78 is 0.863. The molecule has 2 aromatic rings. The number of benzene rings is 1. The standard InChI is InChI=1S/C17H16BrN3O2/c18-13-5-8-15(19-11-13)20-16(22)10-12-3-6-14(7-4-12)21-9-1-2-17(21)23/h3-8,11H,1-2,9-10H2,(H,19,20,22). The molecule has 3 rings (SSSR count). The lowest BCUT2D eigenvalue weighted by molar-refractivity contribution is -0.117. The molecule has 0 bridgehead atoms. The Morgan fingerprint density at radius 3 is 2.61 bits per heavy atom. The Morgan fingerprint density at radius 2 is 2.00 bits per heavy atom. The van der Waals surface area contributed by atoms with Gasteiger partial charge in [-0.15, -0.1) is 0 Å². The van der Waals surface area contributed by atoms with Gasteiger partial charge in [0.05, 0.1) is 6.42 Å². The van der Waals surface area contributed by atoms with Crippen LogP contribution in [0.25, 0.3) is 0 Å². The maximum absolute atomic E-state index is 12.0. The van der Waals surface area contributed by atoms with Crippen LogP contribution in [0.5, 0.6) is 0 Å². The van der Waals surface area contributed by atoms with Crippen molar-refractivity contribution in [2.75, 3.05) is 16.8 Å². The lowest BCUT2D eigenvalue weighted by Crippen LogP contribution is -2.23. The molecule has 2 amide bonds. The van der Waals surface area contributed by atoms with Gasteiger partial charge in [-0.2, -0.15) is 0 Å². The summed E-state index contributed by atoms with van der Waals surface area (Å²) in [5.41, 5.74) is 1.79. The van der Waals surface area contributed by atoms with Crippen molar-refractivity contribution in [2.45, 2.75) is 19.3 Å². The molecule has 1 N–H and O–H groups in total. The summed E-state index contributed by atoms with van der Waals surface area (Å²) in [6.07, 6.45) is 3.43. The monoisotopic (exact) mass is 373 g/mol. The number of rotatable bonds is 4. The number of hydrogen-bond acceptors (Lipinski definition) is 3. The van der Waals surface area contributed by atoms with E-state index in [0.29, 0.717) is 12.2 Å². The van der Waals surface area contributed by atoms with Crippen LogP contribution in [0.3, 0.4) is 0 Å². The van der Waals surface area contributed by atoms with E-state index in [1.54, 1.807) is 17.2 Å². The molecule has 0 spiro atoms. The van der Waals surface area contributed by atoms with E-state index in [4.69, 9.17) is 0 Å². The topological polar surface area (TPSA) is 62.3 Å². The van der Waals surface area contributed by atoms with E-state index in [1.165, 1.54) is 0 Å². The van der Waals surface area contributed by atoms with E-state index in [0.717, 1.165) is 28.7 Å². The molecule has 6 heteroatoms. The highest BCUT2D eigenvalue weighted by Gasteiger charge is 2.21. The number of nitrogens with one attached hydrogen (secondary N) is 1. The van der Waals surface area contributed by atoms with Crippen LogP contribution in [0.1, 0.15) is 18.4 Å². The zero-order valence-corrected chi connectivity index (χ0v) is 14.0. The quantitative estimate of drug-likeness (QED) is 0.895. The van der Waals surface area contributed by atoms with Crippen molar-refractivity contribution in [1.82, 2.24) is 4.98 Å². The van der Waals surface area contributed by atoms with Gasteiger partial charge in [-0.1, -0.05) is 12.1 Å². The molecular formula is C17H16BrN3O2. The first-order valence-corrected chi connectivity index (χ1v) is 8.22. The summed E-state index contributed by atoms with van der Waals surface area (Å²) in [7, 11) is 0. The van der Waals surface area contributed by atoms with Crippen LogP contribution < -0.4 is 10.2 Å². The third-order valence-corrected chi connectivity index (χ3v) is 4.15. The van der Waals surface area contributed by atoms with Crippen molar-refractivity contribution in [3.8, 4) is 0 Å². The fourth-order valence-corrected chi connectivity index (χ4v) is 2.77. The van der Waals surface area contributed by atoms with Gasteiger partial charge in [0.15, 0.2) is 0 Å². The van der Waals surface area contributed by atoms with Gasteiger partial charge in [0.25, 0.3) is 0 Å². The van der Waals surface area contributed by atoms with Crippen molar-refractivity contribution in [3.63, 3.8) is 0 Å². The normalized spacial score (nSPS) is 14.1. The maximum Gasteiger partial charge on any atom is 0.229 e. The van der Waals surface area contributed by atoms with E-state index >= 15 is 0 Å². The summed E-state index contributed by atoms with van der Waals surface area (Å²) in [4.78, 5) is 29.6. The third-order valence-electron chi connectivity index (χ3n) is 3.68. The number of hydrogen-bond donors (Lipinski definition) is 1. The summed E-state index contributed by atoms with van der Waals surface area (Å²) in [6.45, 7) is 0.772. The molecule has 1 saturated heterocycles. The predicted octanol–water partition coefficient (Wildman–Crippen LogP) is 3.15. The summed E-state index contributed by atoms with van der Waals surface area (Å²) >= 11 is 3.30. The maximum atomic E-state index is 12.0. The second kappa shape index (κ2) is 6.91. The molecule has 1 aliphatic rings. The first-order valence-electron chi connectivity index (χ1n) is 7.42. The molecular weight excluding hydrogens is 358 g/mol. The highest BCUT2D eigenvalue weighted by molar-refractivity contribution is 9.10. The van der Waals surface area contributed by atoms with Gasteiger partial charge in [-0.3, -0.25) is 9.59 Å². The lowest BCUT2D eigenvalue weighted by atomic mass is 10.1. The van der Waals surface area contributed by atoms with Crippen LogP contribution >= 0.6 is 15.9 Å². The van der Waals surface area contributed by atoms with Gasteiger partial charge < -0.3 is 10.2 Å². The third kappa shape index (κ3) is 3.96. The van der Waals surface area contributed by atoms with Crippen LogP contribution in [0.15, 0.2) is 47.1 Å². The lowest BCUT2D eigenvalue weighted by Gasteiger charge is -2.15. The van der Waals surface area contributed by atoms with Crippen molar-refractivity contribution in [2.24, 2.45) is 0 Å². The zero-order chi connectivity index (χ0) is 16.2. The van der Waals surface area contributed by atoms with Gasteiger partial charge in [0, 0.05) is 29.3 Å². The van der Waals surface area contributed by atoms with Gasteiger partial charge >= 0.3 is 0 Å². The number of halogens is 1. The van der Waals surface area contributed by atoms with Crippen LogP contribution in [-0.4, -0.2) is 23.3 Å². The molecule has 1 aromatic carbocycles. The Hall–Kier alpha value is -2.21. The van der Waals surface area contributed by atoms with Crippen molar-refractivity contribution >= 4 is 39.2 Å². The minimum absolute atomic E-state index is 0.121. The van der Waals surface area contributed by atoms with E-state index < -0.39 is 0 Å². The predicted molar refractivity (Wildman–Crippen MR) is 92.3 cm³/mol. The van der Waals surface area contributed by atoms with Crippen molar-refractivity contribution in [3.05, 3.63) is 52.6 Å². The molecule has 0 aliphatic carbocycles. The van der Waals surface area contributed by atoms with Crippen molar-refractivity contribution in [1.29, 1.82) is 0 Å². The van der Waals surface area contributed by atoms with E-state index in [-0.39, 0.29) is 18.2 Å². The highest BCUT2D eigenvalue weighted by Crippen LogP contribution is 2.21. The molecule has 2 heterocycles. The van der Waals surface area contributed by atoms with Gasteiger partial charge in [0.2, 0.25) is 11.8 Å². The first-order chi connectivity index (χ1) is 11.1. The van der Waals surface area contributed by atoms with Crippen LogP contribution in [0.4, 0.5) is 11.5 Å². The molecule has 0 saturated carbocycles. The fourth-order valence-electron chi connectivity index (χ4n) is 2.54. The Kier molecular flexibility index (Phi) is 4.71. The summed E-state index contributed by atoms with van der Waals surface area (Å²) in [5.74, 6) is 0.569. The van der Waals surface area contributed by atoms with Crippen LogP contribution in [0, 0.1) is 0 Å². The van der Waals surface area contributed by atoms with Crippen molar-refractivity contribution < 1.29 is 9.59 Å². The molecule has 0 radical (unpaired) electrons. The highest BCUT2D eigenvalue weighted by atomic mass is 79.9. The SMILES string of the molecule is O=C(Cc1ccc(N2CCCC2=O)cc1)Nc1ccc(Br)cn1. The van der Waals surface area contributed by atoms with Gasteiger partial charge in [0.1, 0.15) is 5.82 Å². The molecule has 1 aliphatic heterocycles. The smallest absolute Gasteiger partial charge is 0.229 e. The second-order valence-corrected chi connectivity index (χ2v) is 6.32. The van der Waals surface area contributed by atoms with Crippen LogP contribution in [-0.2, 0) is 16.0 Å². The van der Waals surface area contributed by atoms with Crippen LogP contribution in [0.2, 0.25) is 0 Å². The molecule has 5 nitrogen and oxygen atoms in total. The average Bonchev–Trinajstić information content (AvgIpc) is 2.96. The number of amides is 2. The van der Waals surface area contributed by atoms with Gasteiger partial charge in [-0.25, -0.2) is 4.98 Å². The molecule has 118 valence electrons. The molecule has 23 heavy (non-hydrogen) atoms. The largest absolute Gasteiger partial charge is 0.312 e. The number of pyridine rings is 1. The molecule has 1 aromatic heterocycles. The molecule has 1 fully saturated rings. The fraction of sp³-hybridized carbons (Fsp3) is 0.235. The number of anilines is 2. The Bertz CT molecular complexity index is 714. The van der Waals surface area contributed by atoms with E-state index in [1.807, 2.05) is 30.3 Å². The second-order valence-electron chi connectivity index (χ2n) is 5.40. The Morgan fingerprint density at radius 1 is 1.22 bits per heavy atom. The number of aromatic nitrogens is 1. The molecule has 0 atom stereocenters. The Balaban J connectivity index is 1.60. The minimum Gasteiger partial charge on any atom is -0.312 e. The summed E-state index contributed by atoms with van der Waals surface area (Å²) in [6, 6.07) is 11.1. The zero-order valence-electron chi connectivity index (χ0n) is 12.5. The van der Waals surface area contributed by atoms with E-state index in [9.17, 15) is 9.59 Å². The molecule has 0 unspecified atom stereocenters. The number of nitrogens with zero attached hydrogens (tertiary/aromatic N) is 2. The van der Waals surface area contributed by atoms with Gasteiger partial charge in [-0.05, 0) is 52.2 Å².